The average molecular weight is 228 g/mol. The van der Waals surface area contributed by atoms with E-state index in [1.54, 1.807) is 12.1 Å². The van der Waals surface area contributed by atoms with Gasteiger partial charge in [-0.15, -0.1) is 0 Å². The normalized spacial score (nSPS) is 11.9. The number of hydrazine groups is 1. The molecule has 0 saturated heterocycles. The van der Waals surface area contributed by atoms with Crippen LogP contribution >= 0.6 is 0 Å². The topological polar surface area (TPSA) is 92.4 Å². The van der Waals surface area contributed by atoms with Gasteiger partial charge in [0.25, 0.3) is 0 Å². The van der Waals surface area contributed by atoms with Crippen LogP contribution in [0.15, 0.2) is 40.6 Å². The van der Waals surface area contributed by atoms with E-state index in [0.717, 1.165) is 5.41 Å². The number of sulfone groups is 1. The molecule has 0 bridgehead atoms. The number of hydrogen-bond donors (Lipinski definition) is 3. The van der Waals surface area contributed by atoms with Gasteiger partial charge in [-0.1, -0.05) is 0 Å². The number of aliphatic hydroxyl groups is 1. The highest BCUT2D eigenvalue weighted by atomic mass is 32.2. The second-order valence-corrected chi connectivity index (χ2v) is 4.60. The molecule has 0 saturated carbocycles. The van der Waals surface area contributed by atoms with Gasteiger partial charge in [0, 0.05) is 11.1 Å². The van der Waals surface area contributed by atoms with E-state index in [1.807, 2.05) is 0 Å². The molecule has 0 heterocycles. The van der Waals surface area contributed by atoms with Crippen molar-refractivity contribution in [3.8, 4) is 0 Å². The first-order valence-corrected chi connectivity index (χ1v) is 5.74. The minimum absolute atomic E-state index is 0.159. The van der Waals surface area contributed by atoms with Gasteiger partial charge in [-0.25, -0.2) is 8.42 Å². The fourth-order valence-corrected chi connectivity index (χ4v) is 2.00. The Morgan fingerprint density at radius 3 is 2.40 bits per heavy atom. The molecular weight excluding hydrogens is 216 g/mol. The van der Waals surface area contributed by atoms with Gasteiger partial charge in [0.15, 0.2) is 9.84 Å². The van der Waals surface area contributed by atoms with E-state index in [0.29, 0.717) is 5.69 Å². The van der Waals surface area contributed by atoms with E-state index in [4.69, 9.17) is 10.9 Å². The maximum atomic E-state index is 11.5. The van der Waals surface area contributed by atoms with E-state index in [1.165, 1.54) is 18.2 Å². The second-order valence-electron chi connectivity index (χ2n) is 2.77. The van der Waals surface area contributed by atoms with Crippen molar-refractivity contribution in [1.29, 1.82) is 0 Å². The minimum Gasteiger partial charge on any atom is -0.392 e. The summed E-state index contributed by atoms with van der Waals surface area (Å²) in [5, 5.41) is 9.45. The Labute approximate surface area is 88.1 Å². The summed E-state index contributed by atoms with van der Waals surface area (Å²) in [6.45, 7) is -0.304. The summed E-state index contributed by atoms with van der Waals surface area (Å²) in [5.74, 6) is 5.14. The molecular formula is C9H12N2O3S. The number of nitrogens with two attached hydrogens (primary N) is 1. The molecule has 0 aromatic heterocycles. The van der Waals surface area contributed by atoms with Crippen molar-refractivity contribution < 1.29 is 13.5 Å². The van der Waals surface area contributed by atoms with Crippen LogP contribution in [0.1, 0.15) is 0 Å². The predicted octanol–water partition coefficient (Wildman–Crippen LogP) is 0.252. The molecule has 1 aromatic carbocycles. The lowest BCUT2D eigenvalue weighted by molar-refractivity contribution is 0.343. The molecule has 0 spiro atoms. The highest BCUT2D eigenvalue weighted by Crippen LogP contribution is 2.15. The fourth-order valence-electron chi connectivity index (χ4n) is 0.989. The number of benzene rings is 1. The van der Waals surface area contributed by atoms with E-state index in [-0.39, 0.29) is 11.5 Å². The number of hydrogen-bond acceptors (Lipinski definition) is 5. The molecule has 0 atom stereocenters. The third kappa shape index (κ3) is 3.05. The van der Waals surface area contributed by atoms with Crippen LogP contribution in [0.25, 0.3) is 0 Å². The SMILES string of the molecule is NNc1ccc(S(=O)(=O)C=CCO)cc1. The van der Waals surface area contributed by atoms with Gasteiger partial charge in [-0.3, -0.25) is 5.84 Å². The molecule has 0 fully saturated rings. The number of anilines is 1. The molecule has 1 aromatic rings. The van der Waals surface area contributed by atoms with Crippen LogP contribution in [0.5, 0.6) is 0 Å². The van der Waals surface area contributed by atoms with Crippen molar-refractivity contribution in [1.82, 2.24) is 0 Å². The summed E-state index contributed by atoms with van der Waals surface area (Å²) in [4.78, 5) is 0.159. The van der Waals surface area contributed by atoms with Gasteiger partial charge in [0.1, 0.15) is 0 Å². The van der Waals surface area contributed by atoms with Gasteiger partial charge in [-0.2, -0.15) is 0 Å². The lowest BCUT2D eigenvalue weighted by Gasteiger charge is -2.01. The van der Waals surface area contributed by atoms with Crippen molar-refractivity contribution in [3.63, 3.8) is 0 Å². The molecule has 0 radical (unpaired) electrons. The van der Waals surface area contributed by atoms with Crippen LogP contribution < -0.4 is 11.3 Å². The minimum atomic E-state index is -3.46. The zero-order chi connectivity index (χ0) is 11.3. The van der Waals surface area contributed by atoms with Crippen LogP contribution in [0.4, 0.5) is 5.69 Å². The maximum Gasteiger partial charge on any atom is 0.199 e. The van der Waals surface area contributed by atoms with E-state index in [9.17, 15) is 8.42 Å². The Morgan fingerprint density at radius 2 is 1.93 bits per heavy atom. The zero-order valence-corrected chi connectivity index (χ0v) is 8.74. The third-order valence-corrected chi connectivity index (χ3v) is 3.21. The van der Waals surface area contributed by atoms with Gasteiger partial charge in [0.05, 0.1) is 11.5 Å². The Kier molecular flexibility index (Phi) is 3.84. The van der Waals surface area contributed by atoms with Crippen LogP contribution in [-0.2, 0) is 9.84 Å². The summed E-state index contributed by atoms with van der Waals surface area (Å²) in [7, 11) is -3.46. The van der Waals surface area contributed by atoms with E-state index >= 15 is 0 Å². The van der Waals surface area contributed by atoms with Crippen molar-refractivity contribution in [2.75, 3.05) is 12.0 Å². The molecule has 1 rings (SSSR count). The molecule has 4 N–H and O–H groups in total. The molecule has 82 valence electrons. The quantitative estimate of drug-likeness (QED) is 0.507. The summed E-state index contributed by atoms with van der Waals surface area (Å²) in [5.41, 5.74) is 3.02. The van der Waals surface area contributed by atoms with Crippen LogP contribution in [0, 0.1) is 0 Å². The van der Waals surface area contributed by atoms with Gasteiger partial charge < -0.3 is 10.5 Å². The molecule has 0 unspecified atom stereocenters. The van der Waals surface area contributed by atoms with Crippen LogP contribution in [-0.4, -0.2) is 20.1 Å². The molecule has 0 aliphatic carbocycles. The summed E-state index contributed by atoms with van der Waals surface area (Å²) in [6, 6.07) is 5.98. The lowest BCUT2D eigenvalue weighted by Crippen LogP contribution is -2.06. The maximum absolute atomic E-state index is 11.5. The molecule has 0 amide bonds. The molecule has 0 aliphatic rings. The van der Waals surface area contributed by atoms with Crippen molar-refractivity contribution >= 4 is 15.5 Å². The second kappa shape index (κ2) is 4.92. The number of nitrogen functional groups attached to an aromatic ring is 1. The van der Waals surface area contributed by atoms with Crippen LogP contribution in [0.2, 0.25) is 0 Å². The highest BCUT2D eigenvalue weighted by molar-refractivity contribution is 7.94. The number of aliphatic hydroxyl groups excluding tert-OH is 1. The smallest absolute Gasteiger partial charge is 0.199 e. The summed E-state index contributed by atoms with van der Waals surface area (Å²) < 4.78 is 23.1. The third-order valence-electron chi connectivity index (χ3n) is 1.73. The van der Waals surface area contributed by atoms with Crippen molar-refractivity contribution in [3.05, 3.63) is 35.7 Å². The zero-order valence-electron chi connectivity index (χ0n) is 7.92. The summed E-state index contributed by atoms with van der Waals surface area (Å²) in [6.07, 6.45) is 1.17. The summed E-state index contributed by atoms with van der Waals surface area (Å²) >= 11 is 0. The van der Waals surface area contributed by atoms with E-state index < -0.39 is 9.84 Å². The molecule has 0 aliphatic heterocycles. The Balaban J connectivity index is 3.01. The lowest BCUT2D eigenvalue weighted by atomic mass is 10.3. The Bertz CT molecular complexity index is 437. The van der Waals surface area contributed by atoms with Crippen LogP contribution in [0.3, 0.4) is 0 Å². The van der Waals surface area contributed by atoms with E-state index in [2.05, 4.69) is 5.43 Å². The Hall–Kier alpha value is -1.37. The highest BCUT2D eigenvalue weighted by Gasteiger charge is 2.08. The van der Waals surface area contributed by atoms with Crippen molar-refractivity contribution in [2.45, 2.75) is 4.90 Å². The number of nitrogens with one attached hydrogen (secondary N) is 1. The first-order chi connectivity index (χ1) is 7.10. The predicted molar refractivity (Wildman–Crippen MR) is 57.7 cm³/mol. The monoisotopic (exact) mass is 228 g/mol. The standard InChI is InChI=1S/C9H12N2O3S/c10-11-8-2-4-9(5-3-8)15(13,14)7-1-6-12/h1-5,7,11-12H,6,10H2. The van der Waals surface area contributed by atoms with Gasteiger partial charge >= 0.3 is 0 Å². The van der Waals surface area contributed by atoms with Gasteiger partial charge in [0.2, 0.25) is 0 Å². The number of rotatable bonds is 4. The first kappa shape index (κ1) is 11.7. The molecule has 15 heavy (non-hydrogen) atoms. The van der Waals surface area contributed by atoms with Gasteiger partial charge in [-0.05, 0) is 30.3 Å². The molecule has 6 heteroatoms. The first-order valence-electron chi connectivity index (χ1n) is 4.19. The van der Waals surface area contributed by atoms with Crippen molar-refractivity contribution in [2.24, 2.45) is 5.84 Å². The molecule has 5 nitrogen and oxygen atoms in total. The fraction of sp³-hybridized carbons (Fsp3) is 0.111. The average Bonchev–Trinajstić information content (AvgIpc) is 2.26. The largest absolute Gasteiger partial charge is 0.392 e. The Morgan fingerprint density at radius 1 is 1.33 bits per heavy atom.